The van der Waals surface area contributed by atoms with Crippen LogP contribution in [0.25, 0.3) is 0 Å². The molecule has 0 aromatic heterocycles. The van der Waals surface area contributed by atoms with Crippen LogP contribution in [-0.2, 0) is 21.2 Å². The van der Waals surface area contributed by atoms with E-state index >= 15 is 0 Å². The Hall–Kier alpha value is -1.40. The highest BCUT2D eigenvalue weighted by molar-refractivity contribution is 7.88. The van der Waals surface area contributed by atoms with Crippen LogP contribution in [0, 0.1) is 0 Å². The standard InChI is InChI=1S/C16H22N2O3S/c1-22(20,21)18-11-5-10-15(18)16(19)17-14-9-4-7-12-6-2-3-8-13(12)14/h2-3,6,8,14-15H,4-5,7,9-11H2,1H3,(H,17,19)/t14-,15+/m1/s1. The molecule has 3 rings (SSSR count). The molecule has 0 spiro atoms. The zero-order valence-corrected chi connectivity index (χ0v) is 13.6. The molecule has 1 saturated heterocycles. The first-order valence-corrected chi connectivity index (χ1v) is 9.66. The number of fused-ring (bicyclic) bond motifs is 1. The third-order valence-electron chi connectivity index (χ3n) is 4.62. The van der Waals surface area contributed by atoms with Gasteiger partial charge in [0, 0.05) is 6.54 Å². The van der Waals surface area contributed by atoms with E-state index in [-0.39, 0.29) is 11.9 Å². The van der Waals surface area contributed by atoms with Crippen LogP contribution in [0.3, 0.4) is 0 Å². The van der Waals surface area contributed by atoms with Crippen molar-refractivity contribution in [1.82, 2.24) is 9.62 Å². The number of nitrogens with zero attached hydrogens (tertiary/aromatic N) is 1. The molecule has 1 aromatic carbocycles. The molecular weight excluding hydrogens is 300 g/mol. The highest BCUT2D eigenvalue weighted by Gasteiger charge is 2.37. The Morgan fingerprint density at radius 3 is 2.77 bits per heavy atom. The summed E-state index contributed by atoms with van der Waals surface area (Å²) in [6, 6.07) is 7.62. The van der Waals surface area contributed by atoms with Crippen molar-refractivity contribution < 1.29 is 13.2 Å². The van der Waals surface area contributed by atoms with Crippen molar-refractivity contribution in [1.29, 1.82) is 0 Å². The van der Waals surface area contributed by atoms with E-state index in [1.807, 2.05) is 12.1 Å². The van der Waals surface area contributed by atoms with Gasteiger partial charge in [0.1, 0.15) is 6.04 Å². The Balaban J connectivity index is 1.75. The summed E-state index contributed by atoms with van der Waals surface area (Å²) in [6.45, 7) is 0.443. The summed E-state index contributed by atoms with van der Waals surface area (Å²) < 4.78 is 24.9. The van der Waals surface area contributed by atoms with E-state index in [4.69, 9.17) is 0 Å². The van der Waals surface area contributed by atoms with Gasteiger partial charge < -0.3 is 5.32 Å². The number of benzene rings is 1. The number of aryl methyl sites for hydroxylation is 1. The van der Waals surface area contributed by atoms with Crippen LogP contribution in [0.1, 0.15) is 42.9 Å². The van der Waals surface area contributed by atoms with Gasteiger partial charge in [-0.1, -0.05) is 24.3 Å². The van der Waals surface area contributed by atoms with E-state index in [1.54, 1.807) is 0 Å². The van der Waals surface area contributed by atoms with Gasteiger partial charge in [-0.15, -0.1) is 0 Å². The van der Waals surface area contributed by atoms with Gasteiger partial charge in [-0.3, -0.25) is 4.79 Å². The van der Waals surface area contributed by atoms with Gasteiger partial charge >= 0.3 is 0 Å². The average Bonchev–Trinajstić information content (AvgIpc) is 2.97. The Morgan fingerprint density at radius 2 is 2.00 bits per heavy atom. The highest BCUT2D eigenvalue weighted by Crippen LogP contribution is 2.30. The van der Waals surface area contributed by atoms with Gasteiger partial charge in [-0.05, 0) is 43.2 Å². The molecular formula is C16H22N2O3S. The molecule has 2 aliphatic rings. The SMILES string of the molecule is CS(=O)(=O)N1CCC[C@H]1C(=O)N[C@@H]1CCCc2ccccc21. The summed E-state index contributed by atoms with van der Waals surface area (Å²) in [7, 11) is -3.33. The molecule has 1 heterocycles. The second-order valence-electron chi connectivity index (χ2n) is 6.18. The molecule has 0 saturated carbocycles. The van der Waals surface area contributed by atoms with Crippen molar-refractivity contribution in [3.63, 3.8) is 0 Å². The summed E-state index contributed by atoms with van der Waals surface area (Å²) in [5, 5.41) is 3.07. The number of nitrogens with one attached hydrogen (secondary N) is 1. The topological polar surface area (TPSA) is 66.5 Å². The van der Waals surface area contributed by atoms with Crippen LogP contribution < -0.4 is 5.32 Å². The average molecular weight is 322 g/mol. The quantitative estimate of drug-likeness (QED) is 0.919. The molecule has 0 bridgehead atoms. The number of sulfonamides is 1. The minimum absolute atomic E-state index is 0.000500. The molecule has 0 unspecified atom stereocenters. The van der Waals surface area contributed by atoms with Crippen LogP contribution in [0.15, 0.2) is 24.3 Å². The summed E-state index contributed by atoms with van der Waals surface area (Å²) in [4.78, 5) is 12.6. The molecule has 6 heteroatoms. The maximum atomic E-state index is 12.6. The fourth-order valence-corrected chi connectivity index (χ4v) is 4.70. The van der Waals surface area contributed by atoms with E-state index in [9.17, 15) is 13.2 Å². The lowest BCUT2D eigenvalue weighted by atomic mass is 9.87. The van der Waals surface area contributed by atoms with Crippen molar-refractivity contribution in [2.75, 3.05) is 12.8 Å². The van der Waals surface area contributed by atoms with Gasteiger partial charge in [-0.2, -0.15) is 4.31 Å². The first-order valence-electron chi connectivity index (χ1n) is 7.82. The smallest absolute Gasteiger partial charge is 0.238 e. The number of amides is 1. The fourth-order valence-electron chi connectivity index (χ4n) is 3.57. The Labute approximate surface area is 131 Å². The van der Waals surface area contributed by atoms with Gasteiger partial charge in [0.2, 0.25) is 15.9 Å². The molecule has 0 radical (unpaired) electrons. The number of carbonyl (C=O) groups is 1. The zero-order valence-electron chi connectivity index (χ0n) is 12.8. The van der Waals surface area contributed by atoms with Crippen molar-refractivity contribution >= 4 is 15.9 Å². The first kappa shape index (κ1) is 15.5. The minimum atomic E-state index is -3.33. The highest BCUT2D eigenvalue weighted by atomic mass is 32.2. The molecule has 1 aliphatic carbocycles. The predicted molar refractivity (Wildman–Crippen MR) is 84.8 cm³/mol. The van der Waals surface area contributed by atoms with Crippen LogP contribution in [0.2, 0.25) is 0 Å². The predicted octanol–water partition coefficient (Wildman–Crippen LogP) is 1.60. The Kier molecular flexibility index (Phi) is 4.23. The van der Waals surface area contributed by atoms with E-state index in [0.717, 1.165) is 25.7 Å². The molecule has 1 N–H and O–H groups in total. The molecule has 1 fully saturated rings. The monoisotopic (exact) mass is 322 g/mol. The lowest BCUT2D eigenvalue weighted by molar-refractivity contribution is -0.125. The maximum absolute atomic E-state index is 12.6. The summed E-state index contributed by atoms with van der Waals surface area (Å²) in [5.41, 5.74) is 2.46. The van der Waals surface area contributed by atoms with Crippen LogP contribution >= 0.6 is 0 Å². The van der Waals surface area contributed by atoms with Crippen molar-refractivity contribution in [3.05, 3.63) is 35.4 Å². The third kappa shape index (κ3) is 3.03. The van der Waals surface area contributed by atoms with Gasteiger partial charge in [-0.25, -0.2) is 8.42 Å². The maximum Gasteiger partial charge on any atom is 0.238 e. The van der Waals surface area contributed by atoms with Crippen molar-refractivity contribution in [2.45, 2.75) is 44.2 Å². The molecule has 120 valence electrons. The Morgan fingerprint density at radius 1 is 1.23 bits per heavy atom. The molecule has 1 aliphatic heterocycles. The second-order valence-corrected chi connectivity index (χ2v) is 8.12. The molecule has 1 aromatic rings. The number of rotatable bonds is 3. The van der Waals surface area contributed by atoms with Crippen LogP contribution in [0.4, 0.5) is 0 Å². The van der Waals surface area contributed by atoms with Crippen LogP contribution in [0.5, 0.6) is 0 Å². The molecule has 1 amide bonds. The Bertz CT molecular complexity index is 672. The first-order chi connectivity index (χ1) is 10.5. The number of hydrogen-bond donors (Lipinski definition) is 1. The van der Waals surface area contributed by atoms with Gasteiger partial charge in [0.15, 0.2) is 0 Å². The zero-order chi connectivity index (χ0) is 15.7. The minimum Gasteiger partial charge on any atom is -0.348 e. The molecule has 22 heavy (non-hydrogen) atoms. The van der Waals surface area contributed by atoms with Crippen LogP contribution in [-0.4, -0.2) is 37.5 Å². The third-order valence-corrected chi connectivity index (χ3v) is 5.91. The van der Waals surface area contributed by atoms with Gasteiger partial charge in [0.05, 0.1) is 12.3 Å². The van der Waals surface area contributed by atoms with E-state index < -0.39 is 16.1 Å². The van der Waals surface area contributed by atoms with E-state index in [2.05, 4.69) is 17.4 Å². The lowest BCUT2D eigenvalue weighted by Crippen LogP contribution is -2.46. The van der Waals surface area contributed by atoms with Crippen molar-refractivity contribution in [2.24, 2.45) is 0 Å². The second kappa shape index (κ2) is 6.01. The number of hydrogen-bond acceptors (Lipinski definition) is 3. The van der Waals surface area contributed by atoms with Crippen molar-refractivity contribution in [3.8, 4) is 0 Å². The number of carbonyl (C=O) groups excluding carboxylic acids is 1. The molecule has 2 atom stereocenters. The summed E-state index contributed by atoms with van der Waals surface area (Å²) in [5.74, 6) is -0.162. The summed E-state index contributed by atoms with van der Waals surface area (Å²) >= 11 is 0. The summed E-state index contributed by atoms with van der Waals surface area (Å²) in [6.07, 6.45) is 5.52. The largest absolute Gasteiger partial charge is 0.348 e. The normalized spacial score (nSPS) is 25.7. The molecule has 5 nitrogen and oxygen atoms in total. The lowest BCUT2D eigenvalue weighted by Gasteiger charge is -2.29. The van der Waals surface area contributed by atoms with Gasteiger partial charge in [0.25, 0.3) is 0 Å². The van der Waals surface area contributed by atoms with E-state index in [1.165, 1.54) is 21.7 Å². The van der Waals surface area contributed by atoms with E-state index in [0.29, 0.717) is 13.0 Å². The fraction of sp³-hybridized carbons (Fsp3) is 0.562.